The molecule has 1 aromatic rings. The van der Waals surface area contributed by atoms with Crippen LogP contribution < -0.4 is 5.32 Å². The van der Waals surface area contributed by atoms with Crippen LogP contribution in [0, 0.1) is 0 Å². The topological polar surface area (TPSA) is 12.0 Å². The normalized spacial score (nSPS) is 26.9. The molecule has 1 fully saturated rings. The van der Waals surface area contributed by atoms with E-state index in [4.69, 9.17) is 11.6 Å². The van der Waals surface area contributed by atoms with Crippen molar-refractivity contribution in [3.05, 3.63) is 34.9 Å². The lowest BCUT2D eigenvalue weighted by atomic mass is 9.90. The van der Waals surface area contributed by atoms with Crippen LogP contribution in [0.1, 0.15) is 31.4 Å². The highest BCUT2D eigenvalue weighted by atomic mass is 35.5. The van der Waals surface area contributed by atoms with E-state index in [1.165, 1.54) is 24.2 Å². The maximum absolute atomic E-state index is 6.06. The minimum Gasteiger partial charge on any atom is -0.312 e. The van der Waals surface area contributed by atoms with Crippen molar-refractivity contribution < 1.29 is 0 Å². The van der Waals surface area contributed by atoms with Crippen molar-refractivity contribution in [1.29, 1.82) is 0 Å². The van der Waals surface area contributed by atoms with Crippen molar-refractivity contribution in [3.63, 3.8) is 0 Å². The van der Waals surface area contributed by atoms with Gasteiger partial charge in [-0.2, -0.15) is 11.8 Å². The zero-order valence-corrected chi connectivity index (χ0v) is 11.4. The number of halogens is 1. The highest BCUT2D eigenvalue weighted by Gasteiger charge is 2.37. The fourth-order valence-corrected chi connectivity index (χ4v) is 4.20. The summed E-state index contributed by atoms with van der Waals surface area (Å²) in [7, 11) is 2.04. The summed E-state index contributed by atoms with van der Waals surface area (Å²) in [5.74, 6) is 1.27. The Morgan fingerprint density at radius 2 is 2.31 bits per heavy atom. The van der Waals surface area contributed by atoms with Crippen molar-refractivity contribution in [2.24, 2.45) is 0 Å². The summed E-state index contributed by atoms with van der Waals surface area (Å²) in [4.78, 5) is 0. The fourth-order valence-electron chi connectivity index (χ4n) is 2.54. The van der Waals surface area contributed by atoms with E-state index in [1.807, 2.05) is 19.2 Å². The van der Waals surface area contributed by atoms with E-state index < -0.39 is 0 Å². The third-order valence-electron chi connectivity index (χ3n) is 3.33. The molecule has 1 nitrogen and oxygen atoms in total. The van der Waals surface area contributed by atoms with E-state index in [1.54, 1.807) is 0 Å². The van der Waals surface area contributed by atoms with Gasteiger partial charge in [-0.05, 0) is 50.3 Å². The Bertz CT molecular complexity index is 361. The lowest BCUT2D eigenvalue weighted by Crippen LogP contribution is -2.35. The Balaban J connectivity index is 2.28. The maximum atomic E-state index is 6.06. The molecule has 1 saturated heterocycles. The third-order valence-corrected chi connectivity index (χ3v) is 5.16. The van der Waals surface area contributed by atoms with Crippen LogP contribution in [-0.4, -0.2) is 17.5 Å². The van der Waals surface area contributed by atoms with Crippen LogP contribution in [0.15, 0.2) is 24.3 Å². The molecule has 0 spiro atoms. The third kappa shape index (κ3) is 2.39. The number of thioether (sulfide) groups is 1. The van der Waals surface area contributed by atoms with Gasteiger partial charge in [-0.1, -0.05) is 23.7 Å². The Kier molecular flexibility index (Phi) is 3.83. The second kappa shape index (κ2) is 4.99. The van der Waals surface area contributed by atoms with Crippen LogP contribution in [0.4, 0.5) is 0 Å². The molecule has 1 aliphatic heterocycles. The molecule has 2 atom stereocenters. The van der Waals surface area contributed by atoms with Crippen molar-refractivity contribution in [2.75, 3.05) is 12.8 Å². The quantitative estimate of drug-likeness (QED) is 0.880. The van der Waals surface area contributed by atoms with E-state index in [9.17, 15) is 0 Å². The Labute approximate surface area is 107 Å². The van der Waals surface area contributed by atoms with E-state index in [-0.39, 0.29) is 0 Å². The number of nitrogens with one attached hydrogen (secondary N) is 1. The number of rotatable bonds is 3. The summed E-state index contributed by atoms with van der Waals surface area (Å²) >= 11 is 8.14. The monoisotopic (exact) mass is 255 g/mol. The zero-order chi connectivity index (χ0) is 11.6. The van der Waals surface area contributed by atoms with E-state index in [0.717, 1.165) is 5.02 Å². The molecule has 1 N–H and O–H groups in total. The van der Waals surface area contributed by atoms with E-state index in [2.05, 4.69) is 36.1 Å². The van der Waals surface area contributed by atoms with Gasteiger partial charge >= 0.3 is 0 Å². The summed E-state index contributed by atoms with van der Waals surface area (Å²) in [6, 6.07) is 8.59. The smallest absolute Gasteiger partial charge is 0.0464 e. The van der Waals surface area contributed by atoms with E-state index >= 15 is 0 Å². The van der Waals surface area contributed by atoms with Crippen LogP contribution >= 0.6 is 23.4 Å². The Hall–Kier alpha value is -0.180. The van der Waals surface area contributed by atoms with Gasteiger partial charge < -0.3 is 5.32 Å². The van der Waals surface area contributed by atoms with Crippen LogP contribution in [0.3, 0.4) is 0 Å². The molecule has 0 bridgehead atoms. The average molecular weight is 256 g/mol. The van der Waals surface area contributed by atoms with Crippen molar-refractivity contribution in [2.45, 2.75) is 30.6 Å². The summed E-state index contributed by atoms with van der Waals surface area (Å²) in [5.41, 5.74) is 1.30. The molecule has 0 amide bonds. The second-order valence-electron chi connectivity index (χ2n) is 4.54. The highest BCUT2D eigenvalue weighted by Crippen LogP contribution is 2.46. The summed E-state index contributed by atoms with van der Waals surface area (Å²) < 4.78 is 0.305. The predicted octanol–water partition coefficient (Wildman–Crippen LogP) is 3.89. The summed E-state index contributed by atoms with van der Waals surface area (Å²) in [5, 5.41) is 4.27. The molecule has 0 aliphatic carbocycles. The largest absolute Gasteiger partial charge is 0.312 e. The Morgan fingerprint density at radius 1 is 1.50 bits per heavy atom. The highest BCUT2D eigenvalue weighted by molar-refractivity contribution is 8.00. The molecule has 2 rings (SSSR count). The average Bonchev–Trinajstić information content (AvgIpc) is 2.67. The van der Waals surface area contributed by atoms with Gasteiger partial charge in [-0.15, -0.1) is 0 Å². The molecule has 16 heavy (non-hydrogen) atoms. The molecule has 3 heteroatoms. The molecule has 1 aliphatic rings. The minimum atomic E-state index is 0.305. The standard InChI is InChI=1S/C13H18ClNS/c1-13(7-4-8-16-13)12(15-2)10-5-3-6-11(14)9-10/h3,5-6,9,12,15H,4,7-8H2,1-2H3. The molecule has 0 aromatic heterocycles. The van der Waals surface area contributed by atoms with Crippen LogP contribution in [0.2, 0.25) is 5.02 Å². The minimum absolute atomic E-state index is 0.305. The van der Waals surface area contributed by atoms with Crippen molar-refractivity contribution in [3.8, 4) is 0 Å². The summed E-state index contributed by atoms with van der Waals surface area (Å²) in [6.07, 6.45) is 2.59. The van der Waals surface area contributed by atoms with Crippen LogP contribution in [0.5, 0.6) is 0 Å². The second-order valence-corrected chi connectivity index (χ2v) is 6.61. The van der Waals surface area contributed by atoms with Gasteiger partial charge in [0.2, 0.25) is 0 Å². The Morgan fingerprint density at radius 3 is 2.88 bits per heavy atom. The molecule has 88 valence electrons. The van der Waals surface area contributed by atoms with Gasteiger partial charge in [0, 0.05) is 15.8 Å². The predicted molar refractivity (Wildman–Crippen MR) is 73.3 cm³/mol. The molecular weight excluding hydrogens is 238 g/mol. The first-order chi connectivity index (χ1) is 7.65. The van der Waals surface area contributed by atoms with Crippen LogP contribution in [0.25, 0.3) is 0 Å². The number of hydrogen-bond acceptors (Lipinski definition) is 2. The van der Waals surface area contributed by atoms with Gasteiger partial charge in [0.05, 0.1) is 0 Å². The first-order valence-electron chi connectivity index (χ1n) is 5.72. The van der Waals surface area contributed by atoms with Crippen molar-refractivity contribution >= 4 is 23.4 Å². The zero-order valence-electron chi connectivity index (χ0n) is 9.79. The van der Waals surface area contributed by atoms with Crippen molar-refractivity contribution in [1.82, 2.24) is 5.32 Å². The summed E-state index contributed by atoms with van der Waals surface area (Å²) in [6.45, 7) is 2.35. The lowest BCUT2D eigenvalue weighted by Gasteiger charge is -2.33. The number of hydrogen-bond donors (Lipinski definition) is 1. The first kappa shape index (κ1) is 12.3. The molecule has 2 unspecified atom stereocenters. The van der Waals surface area contributed by atoms with Gasteiger partial charge in [0.25, 0.3) is 0 Å². The molecule has 0 saturated carbocycles. The van der Waals surface area contributed by atoms with Gasteiger partial charge in [0.15, 0.2) is 0 Å². The molecule has 0 radical (unpaired) electrons. The molecule has 1 heterocycles. The van der Waals surface area contributed by atoms with Gasteiger partial charge in [0.1, 0.15) is 0 Å². The molecule has 1 aromatic carbocycles. The van der Waals surface area contributed by atoms with Crippen LogP contribution in [-0.2, 0) is 0 Å². The van der Waals surface area contributed by atoms with Gasteiger partial charge in [-0.3, -0.25) is 0 Å². The van der Waals surface area contributed by atoms with Gasteiger partial charge in [-0.25, -0.2) is 0 Å². The lowest BCUT2D eigenvalue weighted by molar-refractivity contribution is 0.441. The number of benzene rings is 1. The van der Waals surface area contributed by atoms with E-state index in [0.29, 0.717) is 10.8 Å². The first-order valence-corrected chi connectivity index (χ1v) is 7.09. The fraction of sp³-hybridized carbons (Fsp3) is 0.538. The molecular formula is C13H18ClNS. The SMILES string of the molecule is CNC(c1cccc(Cl)c1)C1(C)CCCS1. The maximum Gasteiger partial charge on any atom is 0.0464 e.